The smallest absolute Gasteiger partial charge is 0.122 e. The molecule has 0 fully saturated rings. The van der Waals surface area contributed by atoms with Crippen molar-refractivity contribution in [1.29, 1.82) is 0 Å². The Morgan fingerprint density at radius 3 is 2.38 bits per heavy atom. The van der Waals surface area contributed by atoms with E-state index in [9.17, 15) is 5.11 Å². The highest BCUT2D eigenvalue weighted by Crippen LogP contribution is 2.36. The predicted octanol–water partition coefficient (Wildman–Crippen LogP) is 4.42. The highest BCUT2D eigenvalue weighted by atomic mass is 16.3. The lowest BCUT2D eigenvalue weighted by Gasteiger charge is -2.26. The molecule has 0 radical (unpaired) electrons. The number of hydrogen-bond acceptors (Lipinski definition) is 1. The van der Waals surface area contributed by atoms with Gasteiger partial charge in [-0.15, -0.1) is 0 Å². The Balaban J connectivity index is 3.09. The largest absolute Gasteiger partial charge is 0.507 e. The SMILES string of the molecule is CCCc1cccc(C(C)(C)CCC)c1O. The van der Waals surface area contributed by atoms with Crippen molar-refractivity contribution in [2.75, 3.05) is 0 Å². The minimum absolute atomic E-state index is 0.0720. The molecule has 0 aromatic heterocycles. The molecule has 1 rings (SSSR count). The van der Waals surface area contributed by atoms with Crippen LogP contribution in [0.25, 0.3) is 0 Å². The average Bonchev–Trinajstić information content (AvgIpc) is 2.21. The minimum Gasteiger partial charge on any atom is -0.507 e. The molecule has 0 amide bonds. The molecule has 0 spiro atoms. The molecule has 1 heteroatoms. The molecular weight excluding hydrogens is 196 g/mol. The second kappa shape index (κ2) is 5.38. The molecule has 0 aliphatic carbocycles. The van der Waals surface area contributed by atoms with E-state index in [4.69, 9.17) is 0 Å². The van der Waals surface area contributed by atoms with Gasteiger partial charge in [-0.05, 0) is 29.4 Å². The van der Waals surface area contributed by atoms with Crippen LogP contribution in [0, 0.1) is 0 Å². The molecule has 0 bridgehead atoms. The number of rotatable bonds is 5. The van der Waals surface area contributed by atoms with Gasteiger partial charge in [-0.3, -0.25) is 0 Å². The fraction of sp³-hybridized carbons (Fsp3) is 0.600. The lowest BCUT2D eigenvalue weighted by Crippen LogP contribution is -2.17. The van der Waals surface area contributed by atoms with Crippen molar-refractivity contribution in [1.82, 2.24) is 0 Å². The Bertz CT molecular complexity index is 339. The molecule has 1 aromatic rings. The van der Waals surface area contributed by atoms with Crippen LogP contribution in [0.4, 0.5) is 0 Å². The molecule has 1 nitrogen and oxygen atoms in total. The van der Waals surface area contributed by atoms with E-state index in [-0.39, 0.29) is 5.41 Å². The Morgan fingerprint density at radius 2 is 1.81 bits per heavy atom. The lowest BCUT2D eigenvalue weighted by atomic mass is 9.79. The van der Waals surface area contributed by atoms with Gasteiger partial charge in [-0.1, -0.05) is 58.7 Å². The van der Waals surface area contributed by atoms with Crippen LogP contribution in [0.1, 0.15) is 58.1 Å². The number of benzene rings is 1. The zero-order valence-corrected chi connectivity index (χ0v) is 11.0. The van der Waals surface area contributed by atoms with Crippen molar-refractivity contribution >= 4 is 0 Å². The summed E-state index contributed by atoms with van der Waals surface area (Å²) in [5.41, 5.74) is 2.26. The van der Waals surface area contributed by atoms with Gasteiger partial charge < -0.3 is 5.11 Å². The van der Waals surface area contributed by atoms with Gasteiger partial charge in [-0.25, -0.2) is 0 Å². The monoisotopic (exact) mass is 220 g/mol. The topological polar surface area (TPSA) is 20.2 Å². The summed E-state index contributed by atoms with van der Waals surface area (Å²) < 4.78 is 0. The van der Waals surface area contributed by atoms with Crippen molar-refractivity contribution in [3.05, 3.63) is 29.3 Å². The first-order chi connectivity index (χ1) is 7.53. The Labute approximate surface area is 99.5 Å². The van der Waals surface area contributed by atoms with E-state index in [0.717, 1.165) is 36.8 Å². The summed E-state index contributed by atoms with van der Waals surface area (Å²) in [4.78, 5) is 0. The van der Waals surface area contributed by atoms with Crippen LogP contribution in [-0.2, 0) is 11.8 Å². The van der Waals surface area contributed by atoms with Gasteiger partial charge in [0.25, 0.3) is 0 Å². The van der Waals surface area contributed by atoms with Crippen LogP contribution >= 0.6 is 0 Å². The third kappa shape index (κ3) is 2.78. The maximum Gasteiger partial charge on any atom is 0.122 e. The maximum absolute atomic E-state index is 10.3. The second-order valence-electron chi connectivity index (χ2n) is 5.20. The number of para-hydroxylation sites is 1. The van der Waals surface area contributed by atoms with E-state index in [2.05, 4.69) is 39.8 Å². The van der Waals surface area contributed by atoms with Crippen molar-refractivity contribution in [2.24, 2.45) is 0 Å². The van der Waals surface area contributed by atoms with Gasteiger partial charge in [0, 0.05) is 0 Å². The Hall–Kier alpha value is -0.980. The Morgan fingerprint density at radius 1 is 1.12 bits per heavy atom. The lowest BCUT2D eigenvalue weighted by molar-refractivity contribution is 0.413. The fourth-order valence-electron chi connectivity index (χ4n) is 2.37. The first-order valence-corrected chi connectivity index (χ1v) is 6.34. The molecule has 0 saturated carbocycles. The summed E-state index contributed by atoms with van der Waals surface area (Å²) in [6, 6.07) is 6.16. The summed E-state index contributed by atoms with van der Waals surface area (Å²) in [5.74, 6) is 0.516. The summed E-state index contributed by atoms with van der Waals surface area (Å²) in [7, 11) is 0. The standard InChI is InChI=1S/C15H24O/c1-5-8-12-9-7-10-13(14(12)16)15(3,4)11-6-2/h7,9-10,16H,5-6,8,11H2,1-4H3. The third-order valence-corrected chi connectivity index (χ3v) is 3.24. The van der Waals surface area contributed by atoms with Crippen LogP contribution in [0.3, 0.4) is 0 Å². The van der Waals surface area contributed by atoms with Crippen molar-refractivity contribution in [2.45, 2.75) is 58.8 Å². The van der Waals surface area contributed by atoms with Crippen LogP contribution in [0.15, 0.2) is 18.2 Å². The molecule has 0 aliphatic rings. The van der Waals surface area contributed by atoms with Crippen LogP contribution in [0.2, 0.25) is 0 Å². The van der Waals surface area contributed by atoms with Crippen molar-refractivity contribution < 1.29 is 5.11 Å². The number of aromatic hydroxyl groups is 1. The minimum atomic E-state index is 0.0720. The average molecular weight is 220 g/mol. The van der Waals surface area contributed by atoms with E-state index >= 15 is 0 Å². The fourth-order valence-corrected chi connectivity index (χ4v) is 2.37. The normalized spacial score (nSPS) is 11.8. The molecule has 0 atom stereocenters. The van der Waals surface area contributed by atoms with Crippen LogP contribution < -0.4 is 0 Å². The zero-order valence-electron chi connectivity index (χ0n) is 11.0. The van der Waals surface area contributed by atoms with E-state index < -0.39 is 0 Å². The van der Waals surface area contributed by atoms with E-state index in [1.165, 1.54) is 0 Å². The molecule has 0 unspecified atom stereocenters. The van der Waals surface area contributed by atoms with Gasteiger partial charge in [-0.2, -0.15) is 0 Å². The number of phenols is 1. The quantitative estimate of drug-likeness (QED) is 0.778. The van der Waals surface area contributed by atoms with E-state index in [0.29, 0.717) is 5.75 Å². The van der Waals surface area contributed by atoms with Gasteiger partial charge in [0.15, 0.2) is 0 Å². The van der Waals surface area contributed by atoms with Crippen molar-refractivity contribution in [3.8, 4) is 5.75 Å². The van der Waals surface area contributed by atoms with Crippen LogP contribution in [0.5, 0.6) is 5.75 Å². The first kappa shape index (κ1) is 13.1. The highest BCUT2D eigenvalue weighted by molar-refractivity contribution is 5.44. The highest BCUT2D eigenvalue weighted by Gasteiger charge is 2.23. The molecule has 1 aromatic carbocycles. The Kier molecular flexibility index (Phi) is 4.40. The van der Waals surface area contributed by atoms with Crippen molar-refractivity contribution in [3.63, 3.8) is 0 Å². The predicted molar refractivity (Wildman–Crippen MR) is 70.0 cm³/mol. The van der Waals surface area contributed by atoms with Gasteiger partial charge in [0.05, 0.1) is 0 Å². The summed E-state index contributed by atoms with van der Waals surface area (Å²) >= 11 is 0. The number of hydrogen-bond donors (Lipinski definition) is 1. The number of phenolic OH excluding ortho intramolecular Hbond substituents is 1. The van der Waals surface area contributed by atoms with Gasteiger partial charge in [0.1, 0.15) is 5.75 Å². The van der Waals surface area contributed by atoms with Gasteiger partial charge >= 0.3 is 0 Å². The molecular formula is C15H24O. The summed E-state index contributed by atoms with van der Waals surface area (Å²) in [6.45, 7) is 8.75. The van der Waals surface area contributed by atoms with Gasteiger partial charge in [0.2, 0.25) is 0 Å². The molecule has 0 saturated heterocycles. The summed E-state index contributed by atoms with van der Waals surface area (Å²) in [6.07, 6.45) is 4.29. The third-order valence-electron chi connectivity index (χ3n) is 3.24. The number of aryl methyl sites for hydroxylation is 1. The summed E-state index contributed by atoms with van der Waals surface area (Å²) in [5, 5.41) is 10.3. The maximum atomic E-state index is 10.3. The second-order valence-corrected chi connectivity index (χ2v) is 5.20. The molecule has 90 valence electrons. The van der Waals surface area contributed by atoms with E-state index in [1.54, 1.807) is 0 Å². The molecule has 0 heterocycles. The molecule has 1 N–H and O–H groups in total. The van der Waals surface area contributed by atoms with E-state index in [1.807, 2.05) is 6.07 Å². The van der Waals surface area contributed by atoms with Crippen LogP contribution in [-0.4, -0.2) is 5.11 Å². The molecule has 0 aliphatic heterocycles. The zero-order chi connectivity index (χ0) is 12.2. The first-order valence-electron chi connectivity index (χ1n) is 6.34. The molecule has 16 heavy (non-hydrogen) atoms.